The highest BCUT2D eigenvalue weighted by molar-refractivity contribution is 7.84. The Kier molecular flexibility index (Phi) is 8.44. The summed E-state index contributed by atoms with van der Waals surface area (Å²) in [4.78, 5) is 3.93. The topological polar surface area (TPSA) is 136 Å². The van der Waals surface area contributed by atoms with E-state index in [1.54, 1.807) is 35.4 Å². The van der Waals surface area contributed by atoms with Gasteiger partial charge in [-0.15, -0.1) is 0 Å². The van der Waals surface area contributed by atoms with Crippen LogP contribution in [0, 0.1) is 22.6 Å². The zero-order valence-electron chi connectivity index (χ0n) is 18.1. The second-order valence-electron chi connectivity index (χ2n) is 6.70. The van der Waals surface area contributed by atoms with Gasteiger partial charge < -0.3 is 4.18 Å². The van der Waals surface area contributed by atoms with Gasteiger partial charge in [-0.25, -0.2) is 9.40 Å². The summed E-state index contributed by atoms with van der Waals surface area (Å²) in [5, 5.41) is 25.0. The molecule has 0 atom stereocenters. The first-order chi connectivity index (χ1) is 15.6. The minimum absolute atomic E-state index is 0.0571. The highest BCUT2D eigenvalue weighted by atomic mass is 32.2. The minimum Gasteiger partial charge on any atom is -0.371 e. The van der Waals surface area contributed by atoms with E-state index in [9.17, 15) is 18.1 Å². The molecule has 172 valence electrons. The van der Waals surface area contributed by atoms with Gasteiger partial charge in [-0.3, -0.25) is 15.4 Å². The van der Waals surface area contributed by atoms with Crippen molar-refractivity contribution in [2.75, 3.05) is 12.1 Å². The van der Waals surface area contributed by atoms with E-state index in [4.69, 9.17) is 10.5 Å². The summed E-state index contributed by atoms with van der Waals surface area (Å²) in [6, 6.07) is 10.7. The first kappa shape index (κ1) is 25.3. The maximum atomic E-state index is 14.8. The molecule has 2 rings (SSSR count). The van der Waals surface area contributed by atoms with Crippen molar-refractivity contribution >= 4 is 34.2 Å². The molecule has 0 amide bonds. The number of nitrogens with zero attached hydrogens (tertiary/aromatic N) is 4. The summed E-state index contributed by atoms with van der Waals surface area (Å²) in [5.41, 5.74) is 2.61. The van der Waals surface area contributed by atoms with Gasteiger partial charge in [0.25, 0.3) is 0 Å². The Bertz CT molecular complexity index is 1250. The third-order valence-corrected chi connectivity index (χ3v) is 4.84. The average molecular weight is 471 g/mol. The molecule has 0 aromatic heterocycles. The average Bonchev–Trinajstić information content (AvgIpc) is 2.76. The van der Waals surface area contributed by atoms with Gasteiger partial charge in [0, 0.05) is 18.7 Å². The number of anilines is 1. The van der Waals surface area contributed by atoms with Gasteiger partial charge in [-0.1, -0.05) is 24.8 Å². The van der Waals surface area contributed by atoms with Crippen LogP contribution in [0.5, 0.6) is 5.75 Å². The summed E-state index contributed by atoms with van der Waals surface area (Å²) < 4.78 is 41.5. The lowest BCUT2D eigenvalue weighted by atomic mass is 10.00. The van der Waals surface area contributed by atoms with Crippen molar-refractivity contribution in [2.45, 2.75) is 13.5 Å². The molecule has 3 N–H and O–H groups in total. The first-order valence-electron chi connectivity index (χ1n) is 9.46. The fraction of sp³-hybridized carbons (Fsp3) is 0.136. The smallest absolute Gasteiger partial charge is 0.371 e. The number of nitrogens with one attached hydrogen (secondary N) is 1. The number of benzene rings is 2. The van der Waals surface area contributed by atoms with Crippen LogP contribution < -0.4 is 14.3 Å². The molecule has 9 nitrogen and oxygen atoms in total. The molecule has 2 aromatic carbocycles. The summed E-state index contributed by atoms with van der Waals surface area (Å²) in [7, 11) is -2.77. The minimum atomic E-state index is -4.29. The highest BCUT2D eigenvalue weighted by Gasteiger charge is 2.18. The summed E-state index contributed by atoms with van der Waals surface area (Å²) in [6.07, 6.45) is 5.73. The van der Waals surface area contributed by atoms with Crippen LogP contribution in [0.2, 0.25) is 0 Å². The van der Waals surface area contributed by atoms with Gasteiger partial charge >= 0.3 is 10.3 Å². The van der Waals surface area contributed by atoms with Crippen LogP contribution in [0.3, 0.4) is 0 Å². The van der Waals surface area contributed by atoms with Crippen molar-refractivity contribution in [3.63, 3.8) is 0 Å². The monoisotopic (exact) mass is 470 g/mol. The van der Waals surface area contributed by atoms with E-state index in [2.05, 4.69) is 21.8 Å². The van der Waals surface area contributed by atoms with Crippen LogP contribution in [0.4, 0.5) is 10.1 Å². The molecule has 0 saturated carbocycles. The van der Waals surface area contributed by atoms with E-state index in [0.29, 0.717) is 16.8 Å². The molecule has 0 radical (unpaired) electrons. The van der Waals surface area contributed by atoms with Crippen molar-refractivity contribution < 1.29 is 17.0 Å². The Hall–Kier alpha value is -4.01. The van der Waals surface area contributed by atoms with Gasteiger partial charge in [-0.2, -0.15) is 18.8 Å². The highest BCUT2D eigenvalue weighted by Crippen LogP contribution is 2.28. The molecular weight excluding hydrogens is 447 g/mol. The number of hydrazine groups is 1. The number of aliphatic imine (C=N–C) groups is 1. The predicted octanol–water partition coefficient (Wildman–Crippen LogP) is 3.36. The molecule has 0 bridgehead atoms. The number of allylic oxidation sites excluding steroid dienone is 3. The maximum absolute atomic E-state index is 14.8. The number of hydrogen-bond acceptors (Lipinski definition) is 7. The van der Waals surface area contributed by atoms with Gasteiger partial charge in [0.1, 0.15) is 24.2 Å². The van der Waals surface area contributed by atoms with E-state index in [-0.39, 0.29) is 17.9 Å². The van der Waals surface area contributed by atoms with Crippen molar-refractivity contribution in [2.24, 2.45) is 10.1 Å². The number of halogens is 1. The van der Waals surface area contributed by atoms with Crippen molar-refractivity contribution in [1.82, 2.24) is 5.01 Å². The largest absolute Gasteiger partial charge is 0.380 e. The Labute approximate surface area is 192 Å². The first-order valence-corrected chi connectivity index (χ1v) is 10.9. The lowest BCUT2D eigenvalue weighted by Crippen LogP contribution is -2.40. The van der Waals surface area contributed by atoms with Gasteiger partial charge in [0.15, 0.2) is 0 Å². The zero-order chi connectivity index (χ0) is 24.6. The molecule has 0 spiro atoms. The normalized spacial score (nSPS) is 11.7. The Balaban J connectivity index is 2.57. The number of rotatable bonds is 10. The van der Waals surface area contributed by atoms with Gasteiger partial charge in [-0.05, 0) is 42.3 Å². The lowest BCUT2D eigenvalue weighted by molar-refractivity contribution is 0.482. The van der Waals surface area contributed by atoms with Gasteiger partial charge in [0.2, 0.25) is 0 Å². The van der Waals surface area contributed by atoms with Crippen LogP contribution in [0.1, 0.15) is 23.6 Å². The van der Waals surface area contributed by atoms with E-state index < -0.39 is 16.1 Å². The van der Waals surface area contributed by atoms with E-state index >= 15 is 0 Å². The van der Waals surface area contributed by atoms with Crippen LogP contribution in [0.15, 0.2) is 60.1 Å². The molecule has 0 saturated heterocycles. The molecule has 11 heteroatoms. The Morgan fingerprint density at radius 3 is 2.64 bits per heavy atom. The Morgan fingerprint density at radius 1 is 1.36 bits per heavy atom. The van der Waals surface area contributed by atoms with Crippen molar-refractivity contribution in [3.8, 4) is 11.8 Å². The maximum Gasteiger partial charge on any atom is 0.380 e. The SMILES string of the molecule is C=C/C=C(\C)c1cc(N(Cc2ccc(OS(N)(=O)=O)cc2F)N(C=N)C=NC)ccc1C#N. The quantitative estimate of drug-likeness (QED) is 0.236. The van der Waals surface area contributed by atoms with Crippen molar-refractivity contribution in [1.29, 1.82) is 10.7 Å². The standard InChI is InChI=1S/C22H23FN6O3S/c1-4-5-16(2)21-10-19(8-6-17(21)12-24)29(28(14-25)15-27-3)13-18-7-9-20(11-22(18)23)32-33(26,30)31/h4-11,14-15,25H,1,13H2,2-3H3,(H2,26,30,31)/b16-5+,25-14?,27-15?. The molecule has 0 aliphatic rings. The van der Waals surface area contributed by atoms with Crippen LogP contribution in [0.25, 0.3) is 5.57 Å². The van der Waals surface area contributed by atoms with E-state index in [1.807, 2.05) is 6.92 Å². The second kappa shape index (κ2) is 11.0. The Morgan fingerprint density at radius 2 is 2.09 bits per heavy atom. The number of nitrogens with two attached hydrogens (primary N) is 1. The fourth-order valence-electron chi connectivity index (χ4n) is 2.98. The lowest BCUT2D eigenvalue weighted by Gasteiger charge is -2.32. The predicted molar refractivity (Wildman–Crippen MR) is 126 cm³/mol. The van der Waals surface area contributed by atoms with E-state index in [0.717, 1.165) is 18.0 Å². The summed E-state index contributed by atoms with van der Waals surface area (Å²) in [6.45, 7) is 5.45. The molecule has 0 unspecified atom stereocenters. The van der Waals surface area contributed by atoms with Crippen LogP contribution in [-0.4, -0.2) is 33.2 Å². The molecular formula is C22H23FN6O3S. The van der Waals surface area contributed by atoms with Crippen LogP contribution in [-0.2, 0) is 16.8 Å². The second-order valence-corrected chi connectivity index (χ2v) is 7.85. The zero-order valence-corrected chi connectivity index (χ0v) is 18.9. The van der Waals surface area contributed by atoms with Gasteiger partial charge in [0.05, 0.1) is 23.9 Å². The fourth-order valence-corrected chi connectivity index (χ4v) is 3.35. The third kappa shape index (κ3) is 6.73. The summed E-state index contributed by atoms with van der Waals surface area (Å²) in [5.74, 6) is -1.01. The summed E-state index contributed by atoms with van der Waals surface area (Å²) >= 11 is 0. The molecule has 0 aliphatic heterocycles. The molecule has 0 fully saturated rings. The molecule has 0 heterocycles. The number of hydrogen-bond donors (Lipinski definition) is 2. The molecule has 2 aromatic rings. The van der Waals surface area contributed by atoms with E-state index in [1.165, 1.54) is 30.5 Å². The number of nitriles is 1. The molecule has 0 aliphatic carbocycles. The van der Waals surface area contributed by atoms with Crippen molar-refractivity contribution in [3.05, 3.63) is 77.6 Å². The molecule has 33 heavy (non-hydrogen) atoms. The van der Waals surface area contributed by atoms with Crippen LogP contribution >= 0.6 is 0 Å². The third-order valence-electron chi connectivity index (χ3n) is 4.42.